The van der Waals surface area contributed by atoms with Crippen LogP contribution >= 0.6 is 11.6 Å². The van der Waals surface area contributed by atoms with Gasteiger partial charge in [-0.25, -0.2) is 4.98 Å². The van der Waals surface area contributed by atoms with Crippen molar-refractivity contribution in [1.29, 1.82) is 0 Å². The lowest BCUT2D eigenvalue weighted by Crippen LogP contribution is -2.23. The Kier molecular flexibility index (Phi) is 5.13. The molecule has 6 heteroatoms. The molecule has 24 heavy (non-hydrogen) atoms. The van der Waals surface area contributed by atoms with Crippen LogP contribution < -0.4 is 10.6 Å². The lowest BCUT2D eigenvalue weighted by Gasteiger charge is -2.07. The van der Waals surface area contributed by atoms with E-state index in [0.29, 0.717) is 29.6 Å². The van der Waals surface area contributed by atoms with Gasteiger partial charge in [0.05, 0.1) is 24.7 Å². The third kappa shape index (κ3) is 4.36. The predicted octanol–water partition coefficient (Wildman–Crippen LogP) is 3.87. The fraction of sp³-hybridized carbons (Fsp3) is 0.111. The molecule has 0 unspecified atom stereocenters. The lowest BCUT2D eigenvalue weighted by molar-refractivity contribution is 0.0943. The minimum atomic E-state index is -0.240. The van der Waals surface area contributed by atoms with E-state index in [-0.39, 0.29) is 5.91 Å². The van der Waals surface area contributed by atoms with E-state index in [1.165, 1.54) is 0 Å². The van der Waals surface area contributed by atoms with Crippen molar-refractivity contribution in [2.24, 2.45) is 0 Å². The summed E-state index contributed by atoms with van der Waals surface area (Å²) in [6.45, 7) is 0.993. The minimum Gasteiger partial charge on any atom is -0.467 e. The zero-order chi connectivity index (χ0) is 16.8. The molecule has 0 saturated heterocycles. The topological polar surface area (TPSA) is 67.2 Å². The van der Waals surface area contributed by atoms with Crippen LogP contribution in [0, 0.1) is 0 Å². The van der Waals surface area contributed by atoms with Gasteiger partial charge in [-0.05, 0) is 42.0 Å². The van der Waals surface area contributed by atoms with Gasteiger partial charge < -0.3 is 15.1 Å². The molecule has 3 aromatic rings. The molecule has 0 atom stereocenters. The highest BCUT2D eigenvalue weighted by Gasteiger charge is 2.07. The predicted molar refractivity (Wildman–Crippen MR) is 92.9 cm³/mol. The standard InChI is InChI=1S/C18H16ClN3O2/c19-14-5-3-13(4-6-14)10-20-15-7-8-17(21-11-15)18(23)22-12-16-2-1-9-24-16/h1-9,11,20H,10,12H2,(H,22,23). The van der Waals surface area contributed by atoms with Gasteiger partial charge in [-0.2, -0.15) is 0 Å². The largest absolute Gasteiger partial charge is 0.467 e. The molecule has 1 amide bonds. The Morgan fingerprint density at radius 3 is 2.58 bits per heavy atom. The van der Waals surface area contributed by atoms with Crippen LogP contribution in [0.4, 0.5) is 5.69 Å². The van der Waals surface area contributed by atoms with Crippen LogP contribution in [0.1, 0.15) is 21.8 Å². The van der Waals surface area contributed by atoms with E-state index >= 15 is 0 Å². The maximum atomic E-state index is 12.0. The Morgan fingerprint density at radius 2 is 1.92 bits per heavy atom. The van der Waals surface area contributed by atoms with E-state index in [4.69, 9.17) is 16.0 Å². The Labute approximate surface area is 144 Å². The SMILES string of the molecule is O=C(NCc1ccco1)c1ccc(NCc2ccc(Cl)cc2)cn1. The summed E-state index contributed by atoms with van der Waals surface area (Å²) < 4.78 is 5.17. The van der Waals surface area contributed by atoms with Crippen molar-refractivity contribution < 1.29 is 9.21 Å². The van der Waals surface area contributed by atoms with Crippen molar-refractivity contribution in [3.63, 3.8) is 0 Å². The second kappa shape index (κ2) is 7.66. The minimum absolute atomic E-state index is 0.240. The number of amides is 1. The monoisotopic (exact) mass is 341 g/mol. The van der Waals surface area contributed by atoms with E-state index in [0.717, 1.165) is 11.3 Å². The Morgan fingerprint density at radius 1 is 1.08 bits per heavy atom. The Hall–Kier alpha value is -2.79. The summed E-state index contributed by atoms with van der Waals surface area (Å²) in [5, 5.41) is 6.72. The summed E-state index contributed by atoms with van der Waals surface area (Å²) in [5.74, 6) is 0.459. The van der Waals surface area contributed by atoms with E-state index in [9.17, 15) is 4.79 Å². The van der Waals surface area contributed by atoms with Crippen LogP contribution in [0.3, 0.4) is 0 Å². The fourth-order valence-corrected chi connectivity index (χ4v) is 2.24. The molecule has 2 aromatic heterocycles. The molecule has 0 aliphatic rings. The smallest absolute Gasteiger partial charge is 0.270 e. The number of aromatic nitrogens is 1. The van der Waals surface area contributed by atoms with Gasteiger partial charge in [-0.1, -0.05) is 23.7 Å². The average molecular weight is 342 g/mol. The molecule has 0 radical (unpaired) electrons. The first-order valence-corrected chi connectivity index (χ1v) is 7.83. The summed E-state index contributed by atoms with van der Waals surface area (Å²) >= 11 is 5.86. The third-order valence-corrected chi connectivity index (χ3v) is 3.66. The highest BCUT2D eigenvalue weighted by molar-refractivity contribution is 6.30. The molecular formula is C18H16ClN3O2. The number of halogens is 1. The van der Waals surface area contributed by atoms with Gasteiger partial charge in [0.2, 0.25) is 0 Å². The van der Waals surface area contributed by atoms with Crippen LogP contribution in [0.2, 0.25) is 5.02 Å². The average Bonchev–Trinajstić information content (AvgIpc) is 3.13. The number of pyridine rings is 1. The molecule has 0 spiro atoms. The highest BCUT2D eigenvalue weighted by atomic mass is 35.5. The number of carbonyl (C=O) groups excluding carboxylic acids is 1. The zero-order valence-corrected chi connectivity index (χ0v) is 13.6. The normalized spacial score (nSPS) is 10.4. The number of nitrogens with zero attached hydrogens (tertiary/aromatic N) is 1. The van der Waals surface area contributed by atoms with E-state index in [1.54, 1.807) is 30.7 Å². The summed E-state index contributed by atoms with van der Waals surface area (Å²) in [6.07, 6.45) is 3.21. The number of hydrogen-bond acceptors (Lipinski definition) is 4. The number of nitrogens with one attached hydrogen (secondary N) is 2. The molecule has 0 aliphatic carbocycles. The van der Waals surface area contributed by atoms with E-state index in [1.807, 2.05) is 30.3 Å². The van der Waals surface area contributed by atoms with Gasteiger partial charge in [-0.15, -0.1) is 0 Å². The van der Waals surface area contributed by atoms with Crippen molar-refractivity contribution in [2.75, 3.05) is 5.32 Å². The first kappa shape index (κ1) is 16.1. The quantitative estimate of drug-likeness (QED) is 0.714. The zero-order valence-electron chi connectivity index (χ0n) is 12.8. The van der Waals surface area contributed by atoms with Crippen molar-refractivity contribution >= 4 is 23.2 Å². The summed E-state index contributed by atoms with van der Waals surface area (Å²) in [6, 6.07) is 14.7. The maximum absolute atomic E-state index is 12.0. The van der Waals surface area contributed by atoms with Crippen LogP contribution in [0.5, 0.6) is 0 Å². The molecule has 2 heterocycles. The summed E-state index contributed by atoms with van der Waals surface area (Å²) in [7, 11) is 0. The molecule has 122 valence electrons. The summed E-state index contributed by atoms with van der Waals surface area (Å²) in [4.78, 5) is 16.2. The van der Waals surface area contributed by atoms with Crippen molar-refractivity contribution in [3.05, 3.63) is 83.0 Å². The van der Waals surface area contributed by atoms with Crippen LogP contribution in [-0.2, 0) is 13.1 Å². The Balaban J connectivity index is 1.52. The molecule has 0 bridgehead atoms. The molecule has 1 aromatic carbocycles. The molecule has 0 fully saturated rings. The molecule has 0 saturated carbocycles. The van der Waals surface area contributed by atoms with Gasteiger partial charge in [0.1, 0.15) is 11.5 Å². The van der Waals surface area contributed by atoms with Gasteiger partial charge in [0.15, 0.2) is 0 Å². The maximum Gasteiger partial charge on any atom is 0.270 e. The molecule has 2 N–H and O–H groups in total. The van der Waals surface area contributed by atoms with E-state index < -0.39 is 0 Å². The Bertz CT molecular complexity index is 784. The number of rotatable bonds is 6. The highest BCUT2D eigenvalue weighted by Crippen LogP contribution is 2.12. The van der Waals surface area contributed by atoms with Gasteiger partial charge in [-0.3, -0.25) is 4.79 Å². The first-order valence-electron chi connectivity index (χ1n) is 7.46. The molecule has 3 rings (SSSR count). The van der Waals surface area contributed by atoms with Crippen LogP contribution in [-0.4, -0.2) is 10.9 Å². The van der Waals surface area contributed by atoms with Crippen molar-refractivity contribution in [3.8, 4) is 0 Å². The molecule has 5 nitrogen and oxygen atoms in total. The number of hydrogen-bond donors (Lipinski definition) is 2. The number of carbonyl (C=O) groups is 1. The second-order valence-corrected chi connectivity index (χ2v) is 5.61. The van der Waals surface area contributed by atoms with Crippen molar-refractivity contribution in [1.82, 2.24) is 10.3 Å². The number of anilines is 1. The number of furan rings is 1. The number of benzene rings is 1. The third-order valence-electron chi connectivity index (χ3n) is 3.41. The molecular weight excluding hydrogens is 326 g/mol. The van der Waals surface area contributed by atoms with Crippen LogP contribution in [0.25, 0.3) is 0 Å². The lowest BCUT2D eigenvalue weighted by atomic mass is 10.2. The van der Waals surface area contributed by atoms with Gasteiger partial charge >= 0.3 is 0 Å². The van der Waals surface area contributed by atoms with Gasteiger partial charge in [0.25, 0.3) is 5.91 Å². The first-order chi connectivity index (χ1) is 11.7. The fourth-order valence-electron chi connectivity index (χ4n) is 2.11. The molecule has 0 aliphatic heterocycles. The summed E-state index contributed by atoms with van der Waals surface area (Å²) in [5.41, 5.74) is 2.31. The van der Waals surface area contributed by atoms with Crippen LogP contribution in [0.15, 0.2) is 65.4 Å². The van der Waals surface area contributed by atoms with E-state index in [2.05, 4.69) is 15.6 Å². The second-order valence-electron chi connectivity index (χ2n) is 5.17. The van der Waals surface area contributed by atoms with Crippen molar-refractivity contribution in [2.45, 2.75) is 13.1 Å². The van der Waals surface area contributed by atoms with Gasteiger partial charge in [0, 0.05) is 11.6 Å².